The lowest BCUT2D eigenvalue weighted by Crippen LogP contribution is -2.29. The second-order valence-electron chi connectivity index (χ2n) is 4.98. The first-order chi connectivity index (χ1) is 10.7. The van der Waals surface area contributed by atoms with Gasteiger partial charge in [0.1, 0.15) is 4.90 Å². The Kier molecular flexibility index (Phi) is 4.91. The van der Waals surface area contributed by atoms with E-state index >= 15 is 0 Å². The van der Waals surface area contributed by atoms with Crippen molar-refractivity contribution in [3.8, 4) is 0 Å². The molecular formula is C15H16ClN3O3S. The molecular weight excluding hydrogens is 338 g/mol. The molecule has 1 aromatic carbocycles. The van der Waals surface area contributed by atoms with Crippen molar-refractivity contribution in [2.24, 2.45) is 7.05 Å². The first kappa shape index (κ1) is 17.2. The molecule has 0 radical (unpaired) electrons. The molecule has 1 heterocycles. The molecule has 8 heteroatoms. The van der Waals surface area contributed by atoms with Crippen LogP contribution in [0.15, 0.2) is 35.2 Å². The highest BCUT2D eigenvalue weighted by Crippen LogP contribution is 2.18. The average Bonchev–Trinajstić information content (AvgIpc) is 2.71. The second-order valence-corrected chi connectivity index (χ2v) is 7.03. The molecule has 2 aromatic rings. The van der Waals surface area contributed by atoms with Crippen LogP contribution >= 0.6 is 11.6 Å². The van der Waals surface area contributed by atoms with Crippen LogP contribution in [-0.4, -0.2) is 24.1 Å². The van der Waals surface area contributed by atoms with Crippen molar-refractivity contribution in [1.29, 1.82) is 0 Å². The van der Waals surface area contributed by atoms with E-state index < -0.39 is 15.9 Å². The van der Waals surface area contributed by atoms with E-state index in [9.17, 15) is 13.2 Å². The standard InChI is InChI=1S/C15H16ClN3O3S/c1-10-15(11(2)19(3)17-10)23(21,22)18-14(20)9-6-12-4-7-13(16)8-5-12/h4-9H,1-3H3,(H,18,20)/b9-6+. The van der Waals surface area contributed by atoms with Gasteiger partial charge in [-0.05, 0) is 37.6 Å². The third-order valence-corrected chi connectivity index (χ3v) is 5.09. The van der Waals surface area contributed by atoms with Crippen molar-refractivity contribution in [3.05, 3.63) is 52.3 Å². The van der Waals surface area contributed by atoms with Crippen LogP contribution in [0.5, 0.6) is 0 Å². The van der Waals surface area contributed by atoms with Gasteiger partial charge in [-0.1, -0.05) is 23.7 Å². The molecule has 2 rings (SSSR count). The number of aromatic nitrogens is 2. The molecule has 0 aliphatic rings. The third kappa shape index (κ3) is 4.00. The Morgan fingerprint density at radius 2 is 1.87 bits per heavy atom. The maximum Gasteiger partial charge on any atom is 0.267 e. The van der Waals surface area contributed by atoms with Crippen molar-refractivity contribution < 1.29 is 13.2 Å². The lowest BCUT2D eigenvalue weighted by atomic mass is 10.2. The Balaban J connectivity index is 2.17. The number of carbonyl (C=O) groups excluding carboxylic acids is 1. The highest BCUT2D eigenvalue weighted by atomic mass is 35.5. The van der Waals surface area contributed by atoms with Crippen LogP contribution in [0.4, 0.5) is 0 Å². The van der Waals surface area contributed by atoms with E-state index in [0.717, 1.165) is 11.6 Å². The molecule has 0 atom stereocenters. The highest BCUT2D eigenvalue weighted by molar-refractivity contribution is 7.90. The molecule has 0 saturated heterocycles. The number of aryl methyl sites for hydroxylation is 2. The average molecular weight is 354 g/mol. The molecule has 0 aliphatic heterocycles. The van der Waals surface area contributed by atoms with E-state index in [0.29, 0.717) is 16.4 Å². The molecule has 1 N–H and O–H groups in total. The highest BCUT2D eigenvalue weighted by Gasteiger charge is 2.24. The van der Waals surface area contributed by atoms with Crippen LogP contribution in [-0.2, 0) is 21.9 Å². The van der Waals surface area contributed by atoms with E-state index in [1.165, 1.54) is 10.8 Å². The monoisotopic (exact) mass is 353 g/mol. The molecule has 122 valence electrons. The van der Waals surface area contributed by atoms with Gasteiger partial charge in [-0.3, -0.25) is 9.48 Å². The third-order valence-electron chi connectivity index (χ3n) is 3.24. The number of hydrogen-bond acceptors (Lipinski definition) is 4. The molecule has 0 fully saturated rings. The second kappa shape index (κ2) is 6.55. The fourth-order valence-corrected chi connectivity index (χ4v) is 3.62. The SMILES string of the molecule is Cc1nn(C)c(C)c1S(=O)(=O)NC(=O)/C=C/c1ccc(Cl)cc1. The van der Waals surface area contributed by atoms with E-state index in [1.54, 1.807) is 45.2 Å². The van der Waals surface area contributed by atoms with Crippen molar-refractivity contribution in [3.63, 3.8) is 0 Å². The normalized spacial score (nSPS) is 11.8. The minimum atomic E-state index is -3.97. The Bertz CT molecular complexity index is 868. The van der Waals surface area contributed by atoms with E-state index in [1.807, 2.05) is 4.72 Å². The van der Waals surface area contributed by atoms with Crippen molar-refractivity contribution in [2.75, 3.05) is 0 Å². The summed E-state index contributed by atoms with van der Waals surface area (Å²) < 4.78 is 28.1. The molecule has 0 unspecified atom stereocenters. The molecule has 1 aromatic heterocycles. The summed E-state index contributed by atoms with van der Waals surface area (Å²) in [5.74, 6) is -0.734. The van der Waals surface area contributed by atoms with Gasteiger partial charge >= 0.3 is 0 Å². The summed E-state index contributed by atoms with van der Waals surface area (Å²) in [6.07, 6.45) is 2.66. The van der Waals surface area contributed by atoms with Gasteiger partial charge in [0.15, 0.2) is 0 Å². The van der Waals surface area contributed by atoms with Crippen LogP contribution in [0.25, 0.3) is 6.08 Å². The number of carbonyl (C=O) groups is 1. The first-order valence-corrected chi connectivity index (χ1v) is 8.57. The molecule has 23 heavy (non-hydrogen) atoms. The van der Waals surface area contributed by atoms with Crippen LogP contribution in [0.3, 0.4) is 0 Å². The van der Waals surface area contributed by atoms with Gasteiger partial charge in [0.05, 0.1) is 11.4 Å². The number of nitrogens with one attached hydrogen (secondary N) is 1. The van der Waals surface area contributed by atoms with Gasteiger partial charge in [-0.2, -0.15) is 5.10 Å². The van der Waals surface area contributed by atoms with Crippen molar-refractivity contribution in [2.45, 2.75) is 18.7 Å². The largest absolute Gasteiger partial charge is 0.271 e. The number of nitrogens with zero attached hydrogens (tertiary/aromatic N) is 2. The number of sulfonamides is 1. The fourth-order valence-electron chi connectivity index (χ4n) is 2.11. The van der Waals surface area contributed by atoms with Crippen LogP contribution in [0, 0.1) is 13.8 Å². The Morgan fingerprint density at radius 1 is 1.26 bits per heavy atom. The number of rotatable bonds is 4. The fraction of sp³-hybridized carbons (Fsp3) is 0.200. The zero-order chi connectivity index (χ0) is 17.2. The summed E-state index contributed by atoms with van der Waals surface area (Å²) in [6.45, 7) is 3.21. The van der Waals surface area contributed by atoms with Gasteiger partial charge < -0.3 is 0 Å². The maximum absolute atomic E-state index is 12.3. The lowest BCUT2D eigenvalue weighted by Gasteiger charge is -2.05. The molecule has 0 aliphatic carbocycles. The Morgan fingerprint density at radius 3 is 2.39 bits per heavy atom. The zero-order valence-corrected chi connectivity index (χ0v) is 14.4. The molecule has 6 nitrogen and oxygen atoms in total. The minimum Gasteiger partial charge on any atom is -0.271 e. The van der Waals surface area contributed by atoms with Gasteiger partial charge in [-0.25, -0.2) is 13.1 Å². The summed E-state index contributed by atoms with van der Waals surface area (Å²) in [5, 5.41) is 4.62. The quantitative estimate of drug-likeness (QED) is 0.854. The minimum absolute atomic E-state index is 0.0215. The lowest BCUT2D eigenvalue weighted by molar-refractivity contribution is -0.114. The summed E-state index contributed by atoms with van der Waals surface area (Å²) in [5.41, 5.74) is 1.53. The summed E-state index contributed by atoms with van der Waals surface area (Å²) in [4.78, 5) is 11.9. The van der Waals surface area contributed by atoms with Gasteiger partial charge in [0.25, 0.3) is 15.9 Å². The van der Waals surface area contributed by atoms with Crippen molar-refractivity contribution >= 4 is 33.6 Å². The summed E-state index contributed by atoms with van der Waals surface area (Å²) in [6, 6.07) is 6.79. The molecule has 1 amide bonds. The number of amides is 1. The van der Waals surface area contributed by atoms with E-state index in [4.69, 9.17) is 11.6 Å². The van der Waals surface area contributed by atoms with Crippen LogP contribution in [0.1, 0.15) is 17.0 Å². The topological polar surface area (TPSA) is 81.1 Å². The van der Waals surface area contributed by atoms with Gasteiger partial charge in [-0.15, -0.1) is 0 Å². The Labute approximate surface area is 139 Å². The number of benzene rings is 1. The van der Waals surface area contributed by atoms with Gasteiger partial charge in [0, 0.05) is 18.1 Å². The van der Waals surface area contributed by atoms with Gasteiger partial charge in [0.2, 0.25) is 0 Å². The van der Waals surface area contributed by atoms with Crippen molar-refractivity contribution in [1.82, 2.24) is 14.5 Å². The number of halogens is 1. The molecule has 0 spiro atoms. The number of hydrogen-bond donors (Lipinski definition) is 1. The zero-order valence-electron chi connectivity index (χ0n) is 12.9. The summed E-state index contributed by atoms with van der Waals surface area (Å²) in [7, 11) is -2.32. The van der Waals surface area contributed by atoms with E-state index in [2.05, 4.69) is 5.10 Å². The predicted octanol–water partition coefficient (Wildman–Crippen LogP) is 2.21. The summed E-state index contributed by atoms with van der Waals surface area (Å²) >= 11 is 5.77. The Hall–Kier alpha value is -2.12. The smallest absolute Gasteiger partial charge is 0.267 e. The molecule has 0 saturated carbocycles. The first-order valence-electron chi connectivity index (χ1n) is 6.71. The predicted molar refractivity (Wildman–Crippen MR) is 88.5 cm³/mol. The maximum atomic E-state index is 12.3. The molecule has 0 bridgehead atoms. The van der Waals surface area contributed by atoms with Crippen LogP contribution < -0.4 is 4.72 Å². The van der Waals surface area contributed by atoms with E-state index in [-0.39, 0.29) is 4.90 Å². The van der Waals surface area contributed by atoms with Crippen LogP contribution in [0.2, 0.25) is 5.02 Å².